The minimum absolute atomic E-state index is 0.190. The van der Waals surface area contributed by atoms with Gasteiger partial charge in [0.1, 0.15) is 6.04 Å². The van der Waals surface area contributed by atoms with Crippen molar-refractivity contribution in [2.24, 2.45) is 0 Å². The standard InChI is InChI=1S/C22H27N3O3/c1-26-20-13-17(14-21(27-2)22(20)28-3)16-24-9-11-25(12-10-24)19(15-23)18-7-5-4-6-8-18/h4-8,13-14,19H,9-12,16H2,1-3H3/t19-/m1/s1. The first-order valence-electron chi connectivity index (χ1n) is 9.40. The summed E-state index contributed by atoms with van der Waals surface area (Å²) >= 11 is 0. The molecule has 28 heavy (non-hydrogen) atoms. The van der Waals surface area contributed by atoms with Crippen LogP contribution in [0.1, 0.15) is 17.2 Å². The van der Waals surface area contributed by atoms with Crippen LogP contribution >= 0.6 is 0 Å². The zero-order chi connectivity index (χ0) is 19.9. The van der Waals surface area contributed by atoms with Gasteiger partial charge < -0.3 is 14.2 Å². The quantitative estimate of drug-likeness (QED) is 0.735. The lowest BCUT2D eigenvalue weighted by atomic mass is 10.1. The highest BCUT2D eigenvalue weighted by atomic mass is 16.5. The SMILES string of the molecule is COc1cc(CN2CCN([C@H](C#N)c3ccccc3)CC2)cc(OC)c1OC. The van der Waals surface area contributed by atoms with Gasteiger partial charge >= 0.3 is 0 Å². The molecule has 0 N–H and O–H groups in total. The lowest BCUT2D eigenvalue weighted by molar-refractivity contribution is 0.109. The molecule has 1 aliphatic heterocycles. The summed E-state index contributed by atoms with van der Waals surface area (Å²) in [4.78, 5) is 4.64. The van der Waals surface area contributed by atoms with Gasteiger partial charge in [-0.15, -0.1) is 0 Å². The van der Waals surface area contributed by atoms with E-state index in [2.05, 4.69) is 15.9 Å². The summed E-state index contributed by atoms with van der Waals surface area (Å²) in [6.07, 6.45) is 0. The number of nitriles is 1. The smallest absolute Gasteiger partial charge is 0.203 e. The zero-order valence-electron chi connectivity index (χ0n) is 16.7. The molecule has 0 spiro atoms. The number of methoxy groups -OCH3 is 3. The third-order valence-corrected chi connectivity index (χ3v) is 5.14. The van der Waals surface area contributed by atoms with Gasteiger partial charge in [-0.25, -0.2) is 0 Å². The van der Waals surface area contributed by atoms with Crippen molar-refractivity contribution in [2.75, 3.05) is 47.5 Å². The van der Waals surface area contributed by atoms with Crippen LogP contribution in [0.2, 0.25) is 0 Å². The third-order valence-electron chi connectivity index (χ3n) is 5.14. The zero-order valence-corrected chi connectivity index (χ0v) is 16.7. The molecule has 0 aromatic heterocycles. The Labute approximate surface area is 166 Å². The molecule has 6 heteroatoms. The Kier molecular flexibility index (Phi) is 6.75. The summed E-state index contributed by atoms with van der Waals surface area (Å²) in [5.41, 5.74) is 2.17. The summed E-state index contributed by atoms with van der Waals surface area (Å²) in [5.74, 6) is 1.95. The van der Waals surface area contributed by atoms with Crippen LogP contribution in [0.3, 0.4) is 0 Å². The van der Waals surface area contributed by atoms with Gasteiger partial charge in [0.2, 0.25) is 5.75 Å². The Morgan fingerprint density at radius 3 is 2.04 bits per heavy atom. The number of benzene rings is 2. The van der Waals surface area contributed by atoms with Crippen molar-refractivity contribution in [1.82, 2.24) is 9.80 Å². The molecule has 0 radical (unpaired) electrons. The normalized spacial score (nSPS) is 16.2. The van der Waals surface area contributed by atoms with Crippen molar-refractivity contribution < 1.29 is 14.2 Å². The van der Waals surface area contributed by atoms with Crippen LogP contribution in [0, 0.1) is 11.3 Å². The predicted octanol–water partition coefficient (Wildman–Crippen LogP) is 3.09. The van der Waals surface area contributed by atoms with Gasteiger partial charge in [-0.1, -0.05) is 30.3 Å². The van der Waals surface area contributed by atoms with Gasteiger partial charge in [0.15, 0.2) is 11.5 Å². The van der Waals surface area contributed by atoms with E-state index in [-0.39, 0.29) is 6.04 Å². The van der Waals surface area contributed by atoms with E-state index in [1.165, 1.54) is 0 Å². The minimum atomic E-state index is -0.190. The van der Waals surface area contributed by atoms with Crippen LogP contribution in [0.5, 0.6) is 17.2 Å². The molecule has 1 atom stereocenters. The Morgan fingerprint density at radius 1 is 0.929 bits per heavy atom. The van der Waals surface area contributed by atoms with E-state index in [1.807, 2.05) is 42.5 Å². The topological polar surface area (TPSA) is 58.0 Å². The number of ether oxygens (including phenoxy) is 3. The molecule has 148 valence electrons. The molecule has 0 aliphatic carbocycles. The van der Waals surface area contributed by atoms with Crippen molar-refractivity contribution in [3.63, 3.8) is 0 Å². The molecule has 0 bridgehead atoms. The Balaban J connectivity index is 1.65. The van der Waals surface area contributed by atoms with Crippen LogP contribution in [0.15, 0.2) is 42.5 Å². The van der Waals surface area contributed by atoms with Gasteiger partial charge in [0.25, 0.3) is 0 Å². The fourth-order valence-corrected chi connectivity index (χ4v) is 3.67. The minimum Gasteiger partial charge on any atom is -0.493 e. The first-order valence-corrected chi connectivity index (χ1v) is 9.40. The molecule has 1 saturated heterocycles. The summed E-state index contributed by atoms with van der Waals surface area (Å²) in [5, 5.41) is 9.65. The van der Waals surface area contributed by atoms with Gasteiger partial charge in [-0.2, -0.15) is 5.26 Å². The van der Waals surface area contributed by atoms with Crippen LogP contribution < -0.4 is 14.2 Å². The molecule has 2 aromatic rings. The van der Waals surface area contributed by atoms with Gasteiger partial charge in [-0.05, 0) is 23.3 Å². The van der Waals surface area contributed by atoms with Gasteiger partial charge in [0, 0.05) is 32.7 Å². The Hall–Kier alpha value is -2.75. The highest BCUT2D eigenvalue weighted by Gasteiger charge is 2.25. The average Bonchev–Trinajstić information content (AvgIpc) is 2.75. The Morgan fingerprint density at radius 2 is 1.54 bits per heavy atom. The van der Waals surface area contributed by atoms with Gasteiger partial charge in [-0.3, -0.25) is 9.80 Å². The highest BCUT2D eigenvalue weighted by Crippen LogP contribution is 2.38. The summed E-state index contributed by atoms with van der Waals surface area (Å²) in [6.45, 7) is 4.32. The van der Waals surface area contributed by atoms with E-state index in [0.717, 1.165) is 43.9 Å². The number of nitrogens with zero attached hydrogens (tertiary/aromatic N) is 3. The average molecular weight is 381 g/mol. The number of hydrogen-bond acceptors (Lipinski definition) is 6. The third kappa shape index (κ3) is 4.38. The summed E-state index contributed by atoms with van der Waals surface area (Å²) in [6, 6.07) is 16.3. The van der Waals surface area contributed by atoms with E-state index in [9.17, 15) is 5.26 Å². The lowest BCUT2D eigenvalue weighted by Crippen LogP contribution is -2.46. The van der Waals surface area contributed by atoms with Crippen LogP contribution in [0.25, 0.3) is 0 Å². The fourth-order valence-electron chi connectivity index (χ4n) is 3.67. The van der Waals surface area contributed by atoms with Crippen LogP contribution in [-0.2, 0) is 6.54 Å². The highest BCUT2D eigenvalue weighted by molar-refractivity contribution is 5.53. The Bertz CT molecular complexity index is 787. The number of piperazine rings is 1. The van der Waals surface area contributed by atoms with Crippen molar-refractivity contribution >= 4 is 0 Å². The van der Waals surface area contributed by atoms with Gasteiger partial charge in [0.05, 0.1) is 27.4 Å². The number of rotatable bonds is 7. The van der Waals surface area contributed by atoms with Crippen molar-refractivity contribution in [3.8, 4) is 23.3 Å². The molecule has 2 aromatic carbocycles. The maximum absolute atomic E-state index is 9.65. The predicted molar refractivity (Wildman–Crippen MR) is 108 cm³/mol. The monoisotopic (exact) mass is 381 g/mol. The first-order chi connectivity index (χ1) is 13.7. The maximum Gasteiger partial charge on any atom is 0.203 e. The molecular formula is C22H27N3O3. The molecule has 3 rings (SSSR count). The molecule has 1 aliphatic rings. The van der Waals surface area contributed by atoms with Crippen LogP contribution in [0.4, 0.5) is 0 Å². The summed E-state index contributed by atoms with van der Waals surface area (Å²) < 4.78 is 16.3. The molecule has 0 saturated carbocycles. The molecule has 1 fully saturated rings. The first kappa shape index (κ1) is 20.0. The van der Waals surface area contributed by atoms with Crippen molar-refractivity contribution in [1.29, 1.82) is 5.26 Å². The van der Waals surface area contributed by atoms with E-state index >= 15 is 0 Å². The van der Waals surface area contributed by atoms with Crippen molar-refractivity contribution in [2.45, 2.75) is 12.6 Å². The second-order valence-electron chi connectivity index (χ2n) is 6.79. The maximum atomic E-state index is 9.65. The fraction of sp³-hybridized carbons (Fsp3) is 0.409. The second-order valence-corrected chi connectivity index (χ2v) is 6.79. The van der Waals surface area contributed by atoms with Crippen molar-refractivity contribution in [3.05, 3.63) is 53.6 Å². The molecular weight excluding hydrogens is 354 g/mol. The molecule has 0 unspecified atom stereocenters. The molecule has 0 amide bonds. The summed E-state index contributed by atoms with van der Waals surface area (Å²) in [7, 11) is 4.87. The van der Waals surface area contributed by atoms with Crippen LogP contribution in [-0.4, -0.2) is 57.3 Å². The van der Waals surface area contributed by atoms with E-state index in [0.29, 0.717) is 17.2 Å². The molecule has 6 nitrogen and oxygen atoms in total. The van der Waals surface area contributed by atoms with E-state index in [4.69, 9.17) is 14.2 Å². The second kappa shape index (κ2) is 9.45. The number of hydrogen-bond donors (Lipinski definition) is 0. The molecule has 1 heterocycles. The van der Waals surface area contributed by atoms with E-state index < -0.39 is 0 Å². The van der Waals surface area contributed by atoms with E-state index in [1.54, 1.807) is 21.3 Å². The largest absolute Gasteiger partial charge is 0.493 e. The lowest BCUT2D eigenvalue weighted by Gasteiger charge is -2.37.